The second kappa shape index (κ2) is 9.49. The smallest absolute Gasteiger partial charge is 0.407 e. The molecule has 3 aromatic rings. The Morgan fingerprint density at radius 2 is 1.45 bits per heavy atom. The molecule has 0 aliphatic heterocycles. The number of alkyl carbamates (subject to hydrolysis) is 1. The lowest BCUT2D eigenvalue weighted by Gasteiger charge is -2.28. The molecule has 2 N–H and O–H groups in total. The summed E-state index contributed by atoms with van der Waals surface area (Å²) in [6.07, 6.45) is -0.198. The van der Waals surface area contributed by atoms with Gasteiger partial charge < -0.3 is 15.2 Å². The minimum atomic E-state index is -0.932. The number of ether oxygens (including phenoxy) is 1. The molecule has 0 fully saturated rings. The van der Waals surface area contributed by atoms with Crippen molar-refractivity contribution < 1.29 is 19.4 Å². The molecule has 170 valence electrons. The zero-order valence-electron chi connectivity index (χ0n) is 19.0. The van der Waals surface area contributed by atoms with Gasteiger partial charge in [0.2, 0.25) is 0 Å². The topological polar surface area (TPSA) is 75.6 Å². The number of aliphatic carboxylic acids is 1. The summed E-state index contributed by atoms with van der Waals surface area (Å²) in [6, 6.07) is 26.1. The van der Waals surface area contributed by atoms with E-state index in [1.54, 1.807) is 0 Å². The number of amides is 1. The summed E-state index contributed by atoms with van der Waals surface area (Å²) in [5.74, 6) is -1.69. The van der Waals surface area contributed by atoms with Crippen LogP contribution in [-0.4, -0.2) is 30.3 Å². The Kier molecular flexibility index (Phi) is 6.50. The monoisotopic (exact) mass is 443 g/mol. The Balaban J connectivity index is 1.36. The molecule has 0 bridgehead atoms. The Hall–Kier alpha value is -3.60. The van der Waals surface area contributed by atoms with Gasteiger partial charge in [0.1, 0.15) is 6.61 Å². The van der Waals surface area contributed by atoms with Crippen LogP contribution in [0.2, 0.25) is 0 Å². The van der Waals surface area contributed by atoms with Crippen LogP contribution in [0.1, 0.15) is 42.9 Å². The molecule has 0 aromatic heterocycles. The predicted molar refractivity (Wildman–Crippen MR) is 128 cm³/mol. The lowest BCUT2D eigenvalue weighted by molar-refractivity contribution is -0.142. The molecule has 33 heavy (non-hydrogen) atoms. The molecule has 1 aliphatic carbocycles. The number of carbonyl (C=O) groups is 2. The van der Waals surface area contributed by atoms with E-state index >= 15 is 0 Å². The van der Waals surface area contributed by atoms with Crippen LogP contribution in [-0.2, 0) is 14.9 Å². The van der Waals surface area contributed by atoms with Gasteiger partial charge in [-0.2, -0.15) is 0 Å². The van der Waals surface area contributed by atoms with Crippen molar-refractivity contribution >= 4 is 12.1 Å². The minimum absolute atomic E-state index is 0.0161. The van der Waals surface area contributed by atoms with Gasteiger partial charge in [0.15, 0.2) is 0 Å². The van der Waals surface area contributed by atoms with E-state index in [1.165, 1.54) is 0 Å². The molecule has 5 nitrogen and oxygen atoms in total. The standard InChI is InChI=1S/C28H29NO4/c1-28(2,20-10-4-3-5-11-20)16-19(26(30)31)17-29-27(32)33-18-25-23-14-8-6-12-21(23)22-13-7-9-15-24(22)25/h3-15,19,25H,16-18H2,1-2H3,(H,29,32)(H,30,31). The van der Waals surface area contributed by atoms with Gasteiger partial charge in [-0.05, 0) is 39.7 Å². The number of carbonyl (C=O) groups excluding carboxylic acids is 1. The van der Waals surface area contributed by atoms with Gasteiger partial charge in [-0.15, -0.1) is 0 Å². The van der Waals surface area contributed by atoms with Crippen LogP contribution in [0.4, 0.5) is 4.79 Å². The van der Waals surface area contributed by atoms with Crippen LogP contribution < -0.4 is 5.32 Å². The van der Waals surface area contributed by atoms with Crippen LogP contribution in [0.3, 0.4) is 0 Å². The van der Waals surface area contributed by atoms with Gasteiger partial charge in [-0.3, -0.25) is 4.79 Å². The fourth-order valence-electron chi connectivity index (χ4n) is 4.73. The number of nitrogens with one attached hydrogen (secondary N) is 1. The summed E-state index contributed by atoms with van der Waals surface area (Å²) in [6.45, 7) is 4.26. The predicted octanol–water partition coefficient (Wildman–Crippen LogP) is 5.59. The first-order valence-electron chi connectivity index (χ1n) is 11.2. The molecule has 0 heterocycles. The molecular weight excluding hydrogens is 414 g/mol. The van der Waals surface area contributed by atoms with Crippen molar-refractivity contribution in [3.05, 3.63) is 95.6 Å². The van der Waals surface area contributed by atoms with Gasteiger partial charge in [0, 0.05) is 12.5 Å². The largest absolute Gasteiger partial charge is 0.481 e. The van der Waals surface area contributed by atoms with Crippen LogP contribution >= 0.6 is 0 Å². The molecule has 1 atom stereocenters. The maximum Gasteiger partial charge on any atom is 0.407 e. The van der Waals surface area contributed by atoms with Crippen molar-refractivity contribution in [2.24, 2.45) is 5.92 Å². The van der Waals surface area contributed by atoms with Crippen LogP contribution in [0.15, 0.2) is 78.9 Å². The number of fused-ring (bicyclic) bond motifs is 3. The Labute approximate surface area is 194 Å². The first-order chi connectivity index (χ1) is 15.9. The van der Waals surface area contributed by atoms with Crippen LogP contribution in [0.25, 0.3) is 11.1 Å². The summed E-state index contributed by atoms with van der Waals surface area (Å²) >= 11 is 0. The molecular formula is C28H29NO4. The van der Waals surface area contributed by atoms with Gasteiger partial charge in [-0.25, -0.2) is 4.79 Å². The van der Waals surface area contributed by atoms with Gasteiger partial charge in [0.25, 0.3) is 0 Å². The number of carboxylic acids is 1. The molecule has 1 aliphatic rings. The van der Waals surface area contributed by atoms with Crippen molar-refractivity contribution in [1.29, 1.82) is 0 Å². The molecule has 1 unspecified atom stereocenters. The van der Waals surface area contributed by atoms with Crippen molar-refractivity contribution in [3.63, 3.8) is 0 Å². The zero-order valence-corrected chi connectivity index (χ0v) is 19.0. The molecule has 0 spiro atoms. The van der Waals surface area contributed by atoms with Crippen molar-refractivity contribution in [2.45, 2.75) is 31.6 Å². The van der Waals surface area contributed by atoms with E-state index in [4.69, 9.17) is 4.74 Å². The highest BCUT2D eigenvalue weighted by molar-refractivity contribution is 5.79. The van der Waals surface area contributed by atoms with Gasteiger partial charge in [-0.1, -0.05) is 92.7 Å². The maximum atomic E-state index is 12.5. The fraction of sp³-hybridized carbons (Fsp3) is 0.286. The van der Waals surface area contributed by atoms with Crippen molar-refractivity contribution in [3.8, 4) is 11.1 Å². The number of hydrogen-bond donors (Lipinski definition) is 2. The molecule has 3 aromatic carbocycles. The third kappa shape index (κ3) is 4.92. The van der Waals surface area contributed by atoms with Gasteiger partial charge >= 0.3 is 12.1 Å². The normalized spacial score (nSPS) is 13.6. The molecule has 0 radical (unpaired) electrons. The number of benzene rings is 3. The summed E-state index contributed by atoms with van der Waals surface area (Å²) in [5, 5.41) is 12.4. The second-order valence-electron chi connectivity index (χ2n) is 9.20. The summed E-state index contributed by atoms with van der Waals surface area (Å²) < 4.78 is 5.54. The molecule has 5 heteroatoms. The fourth-order valence-corrected chi connectivity index (χ4v) is 4.73. The Morgan fingerprint density at radius 3 is 2.03 bits per heavy atom. The average molecular weight is 444 g/mol. The Bertz CT molecular complexity index is 1090. The molecule has 1 amide bonds. The SMILES string of the molecule is CC(C)(CC(CNC(=O)OCC1c2ccccc2-c2ccccc21)C(=O)O)c1ccccc1. The lowest BCUT2D eigenvalue weighted by Crippen LogP contribution is -2.37. The highest BCUT2D eigenvalue weighted by atomic mass is 16.5. The van der Waals surface area contributed by atoms with E-state index in [2.05, 4.69) is 29.6 Å². The molecule has 4 rings (SSSR count). The zero-order chi connectivity index (χ0) is 23.4. The maximum absolute atomic E-state index is 12.5. The summed E-state index contributed by atoms with van der Waals surface area (Å²) in [4.78, 5) is 24.3. The second-order valence-corrected chi connectivity index (χ2v) is 9.20. The van der Waals surface area contributed by atoms with E-state index in [9.17, 15) is 14.7 Å². The average Bonchev–Trinajstić information content (AvgIpc) is 3.14. The highest BCUT2D eigenvalue weighted by Gasteiger charge is 2.31. The number of rotatable bonds is 8. The Morgan fingerprint density at radius 1 is 0.909 bits per heavy atom. The lowest BCUT2D eigenvalue weighted by atomic mass is 9.77. The minimum Gasteiger partial charge on any atom is -0.481 e. The molecule has 0 saturated heterocycles. The van der Waals surface area contributed by atoms with Crippen molar-refractivity contribution in [2.75, 3.05) is 13.2 Å². The number of hydrogen-bond acceptors (Lipinski definition) is 3. The third-order valence-corrected chi connectivity index (χ3v) is 6.50. The highest BCUT2D eigenvalue weighted by Crippen LogP contribution is 2.44. The van der Waals surface area contributed by atoms with E-state index in [0.717, 1.165) is 27.8 Å². The third-order valence-electron chi connectivity index (χ3n) is 6.50. The van der Waals surface area contributed by atoms with E-state index in [0.29, 0.717) is 6.42 Å². The molecule has 0 saturated carbocycles. The quantitative estimate of drug-likeness (QED) is 0.476. The van der Waals surface area contributed by atoms with E-state index in [-0.39, 0.29) is 24.5 Å². The van der Waals surface area contributed by atoms with Gasteiger partial charge in [0.05, 0.1) is 5.92 Å². The number of carboxylic acid groups (broad SMARTS) is 1. The summed E-state index contributed by atoms with van der Waals surface area (Å²) in [7, 11) is 0. The first-order valence-corrected chi connectivity index (χ1v) is 11.2. The van der Waals surface area contributed by atoms with Crippen molar-refractivity contribution in [1.82, 2.24) is 5.32 Å². The van der Waals surface area contributed by atoms with E-state index in [1.807, 2.05) is 68.4 Å². The van der Waals surface area contributed by atoms with E-state index < -0.39 is 18.0 Å². The van der Waals surface area contributed by atoms with Crippen LogP contribution in [0.5, 0.6) is 0 Å². The summed E-state index contributed by atoms with van der Waals surface area (Å²) in [5.41, 5.74) is 5.33. The first kappa shape index (κ1) is 22.6. The van der Waals surface area contributed by atoms with Crippen LogP contribution in [0, 0.1) is 5.92 Å².